The summed E-state index contributed by atoms with van der Waals surface area (Å²) >= 11 is 2.30. The maximum atomic E-state index is 11.7. The quantitative estimate of drug-likeness (QED) is 0.526. The number of carbonyl (C=O) groups excluding carboxylic acids is 1. The molecule has 1 aromatic rings. The van der Waals surface area contributed by atoms with Crippen molar-refractivity contribution in [2.24, 2.45) is 0 Å². The highest BCUT2D eigenvalue weighted by molar-refractivity contribution is 14.1. The molecule has 1 rings (SSSR count). The molecule has 0 bridgehead atoms. The van der Waals surface area contributed by atoms with E-state index >= 15 is 0 Å². The van der Waals surface area contributed by atoms with Gasteiger partial charge in [-0.3, -0.25) is 9.78 Å². The third-order valence-electron chi connectivity index (χ3n) is 2.07. The second-order valence-corrected chi connectivity index (χ2v) is 4.46. The number of halogens is 1. The molecule has 82 valence electrons. The molecule has 0 saturated carbocycles. The van der Waals surface area contributed by atoms with Crippen LogP contribution in [0.4, 0.5) is 0 Å². The number of aryl methyl sites for hydroxylation is 2. The standard InChI is InChI=1S/C11H15IN2O/c1-8-4-5-10(9(2)14-8)11(15)13-7-3-6-12/h4-5H,3,6-7H2,1-2H3,(H,13,15). The van der Waals surface area contributed by atoms with Crippen LogP contribution in [0.1, 0.15) is 28.2 Å². The lowest BCUT2D eigenvalue weighted by Crippen LogP contribution is -2.25. The summed E-state index contributed by atoms with van der Waals surface area (Å²) in [5, 5.41) is 2.88. The number of hydrogen-bond donors (Lipinski definition) is 1. The lowest BCUT2D eigenvalue weighted by Gasteiger charge is -2.06. The number of carbonyl (C=O) groups is 1. The average molecular weight is 318 g/mol. The predicted molar refractivity (Wildman–Crippen MR) is 69.5 cm³/mol. The summed E-state index contributed by atoms with van der Waals surface area (Å²) < 4.78 is 1.06. The molecule has 1 N–H and O–H groups in total. The molecule has 1 amide bonds. The predicted octanol–water partition coefficient (Wildman–Crippen LogP) is 2.25. The summed E-state index contributed by atoms with van der Waals surface area (Å²) in [4.78, 5) is 16.0. The Hall–Kier alpha value is -0.650. The zero-order valence-electron chi connectivity index (χ0n) is 9.01. The van der Waals surface area contributed by atoms with E-state index < -0.39 is 0 Å². The molecule has 0 spiro atoms. The van der Waals surface area contributed by atoms with Crippen molar-refractivity contribution in [3.05, 3.63) is 29.1 Å². The first-order valence-electron chi connectivity index (χ1n) is 4.93. The van der Waals surface area contributed by atoms with Gasteiger partial charge in [-0.25, -0.2) is 0 Å². The second-order valence-electron chi connectivity index (χ2n) is 3.38. The van der Waals surface area contributed by atoms with Crippen LogP contribution in [0.5, 0.6) is 0 Å². The van der Waals surface area contributed by atoms with Crippen LogP contribution in [-0.4, -0.2) is 21.9 Å². The van der Waals surface area contributed by atoms with Crippen LogP contribution in [0.25, 0.3) is 0 Å². The minimum Gasteiger partial charge on any atom is -0.352 e. The molecule has 15 heavy (non-hydrogen) atoms. The molecule has 0 aliphatic carbocycles. The monoisotopic (exact) mass is 318 g/mol. The summed E-state index contributed by atoms with van der Waals surface area (Å²) in [6, 6.07) is 3.69. The minimum absolute atomic E-state index is 0.0233. The highest BCUT2D eigenvalue weighted by atomic mass is 127. The van der Waals surface area contributed by atoms with Gasteiger partial charge in [-0.2, -0.15) is 0 Å². The molecular formula is C11H15IN2O. The Labute approximate surface area is 104 Å². The van der Waals surface area contributed by atoms with E-state index in [0.717, 1.165) is 28.8 Å². The Morgan fingerprint density at radius 2 is 2.20 bits per heavy atom. The first-order valence-corrected chi connectivity index (χ1v) is 6.46. The zero-order chi connectivity index (χ0) is 11.3. The molecule has 4 heteroatoms. The maximum absolute atomic E-state index is 11.7. The highest BCUT2D eigenvalue weighted by Crippen LogP contribution is 2.06. The first-order chi connectivity index (χ1) is 7.15. The number of amides is 1. The number of aromatic nitrogens is 1. The number of rotatable bonds is 4. The van der Waals surface area contributed by atoms with Gasteiger partial charge in [-0.05, 0) is 32.4 Å². The number of hydrogen-bond acceptors (Lipinski definition) is 2. The van der Waals surface area contributed by atoms with Crippen molar-refractivity contribution in [1.29, 1.82) is 0 Å². The zero-order valence-corrected chi connectivity index (χ0v) is 11.2. The Kier molecular flexibility index (Phi) is 5.01. The van der Waals surface area contributed by atoms with Crippen molar-refractivity contribution in [3.8, 4) is 0 Å². The third kappa shape index (κ3) is 3.77. The Morgan fingerprint density at radius 1 is 1.47 bits per heavy atom. The molecular weight excluding hydrogens is 303 g/mol. The molecule has 0 fully saturated rings. The Balaban J connectivity index is 2.65. The Bertz CT molecular complexity index is 352. The molecule has 0 aliphatic rings. The number of nitrogens with zero attached hydrogens (tertiary/aromatic N) is 1. The van der Waals surface area contributed by atoms with Gasteiger partial charge in [0.25, 0.3) is 5.91 Å². The van der Waals surface area contributed by atoms with Crippen LogP contribution in [-0.2, 0) is 0 Å². The van der Waals surface area contributed by atoms with E-state index in [4.69, 9.17) is 0 Å². The number of nitrogens with one attached hydrogen (secondary N) is 1. The molecule has 0 aliphatic heterocycles. The van der Waals surface area contributed by atoms with Crippen LogP contribution in [0.3, 0.4) is 0 Å². The average Bonchev–Trinajstić information content (AvgIpc) is 2.17. The lowest BCUT2D eigenvalue weighted by atomic mass is 10.1. The summed E-state index contributed by atoms with van der Waals surface area (Å²) in [5.41, 5.74) is 2.41. The minimum atomic E-state index is -0.0233. The highest BCUT2D eigenvalue weighted by Gasteiger charge is 2.08. The van der Waals surface area contributed by atoms with E-state index in [-0.39, 0.29) is 5.91 Å². The first kappa shape index (κ1) is 12.4. The largest absolute Gasteiger partial charge is 0.352 e. The van der Waals surface area contributed by atoms with Gasteiger partial charge in [0.05, 0.1) is 11.3 Å². The normalized spacial score (nSPS) is 10.1. The van der Waals surface area contributed by atoms with Crippen molar-refractivity contribution in [2.45, 2.75) is 20.3 Å². The topological polar surface area (TPSA) is 42.0 Å². The maximum Gasteiger partial charge on any atom is 0.253 e. The smallest absolute Gasteiger partial charge is 0.253 e. The number of pyridine rings is 1. The van der Waals surface area contributed by atoms with Crippen LogP contribution in [0.15, 0.2) is 12.1 Å². The summed E-state index contributed by atoms with van der Waals surface area (Å²) in [7, 11) is 0. The SMILES string of the molecule is Cc1ccc(C(=O)NCCCI)c(C)n1. The van der Waals surface area contributed by atoms with Crippen molar-refractivity contribution in [1.82, 2.24) is 10.3 Å². The van der Waals surface area contributed by atoms with Gasteiger partial charge in [0.2, 0.25) is 0 Å². The van der Waals surface area contributed by atoms with E-state index in [1.807, 2.05) is 26.0 Å². The van der Waals surface area contributed by atoms with Crippen LogP contribution in [0, 0.1) is 13.8 Å². The van der Waals surface area contributed by atoms with Crippen LogP contribution >= 0.6 is 22.6 Å². The van der Waals surface area contributed by atoms with Crippen molar-refractivity contribution in [2.75, 3.05) is 11.0 Å². The molecule has 3 nitrogen and oxygen atoms in total. The molecule has 0 atom stereocenters. The molecule has 0 aromatic carbocycles. The van der Waals surface area contributed by atoms with E-state index in [9.17, 15) is 4.79 Å². The summed E-state index contributed by atoms with van der Waals surface area (Å²) in [5.74, 6) is -0.0233. The van der Waals surface area contributed by atoms with Crippen LogP contribution in [0.2, 0.25) is 0 Å². The molecule has 0 radical (unpaired) electrons. The van der Waals surface area contributed by atoms with E-state index in [1.165, 1.54) is 0 Å². The van der Waals surface area contributed by atoms with Crippen molar-refractivity contribution < 1.29 is 4.79 Å². The molecule has 1 aromatic heterocycles. The second kappa shape index (κ2) is 6.05. The summed E-state index contributed by atoms with van der Waals surface area (Å²) in [6.07, 6.45) is 1.00. The third-order valence-corrected chi connectivity index (χ3v) is 2.83. The van der Waals surface area contributed by atoms with E-state index in [2.05, 4.69) is 32.9 Å². The van der Waals surface area contributed by atoms with Crippen molar-refractivity contribution >= 4 is 28.5 Å². The number of alkyl halides is 1. The van der Waals surface area contributed by atoms with E-state index in [0.29, 0.717) is 5.56 Å². The Morgan fingerprint density at radius 3 is 2.80 bits per heavy atom. The molecule has 0 saturated heterocycles. The van der Waals surface area contributed by atoms with Gasteiger partial charge in [-0.15, -0.1) is 0 Å². The van der Waals surface area contributed by atoms with Gasteiger partial charge in [0.15, 0.2) is 0 Å². The lowest BCUT2D eigenvalue weighted by molar-refractivity contribution is 0.0953. The molecule has 0 unspecified atom stereocenters. The van der Waals surface area contributed by atoms with Gasteiger partial charge in [0.1, 0.15) is 0 Å². The van der Waals surface area contributed by atoms with Gasteiger partial charge < -0.3 is 5.32 Å². The molecule has 1 heterocycles. The van der Waals surface area contributed by atoms with Gasteiger partial charge in [-0.1, -0.05) is 22.6 Å². The fraction of sp³-hybridized carbons (Fsp3) is 0.455. The fourth-order valence-electron chi connectivity index (χ4n) is 1.29. The van der Waals surface area contributed by atoms with Crippen LogP contribution < -0.4 is 5.32 Å². The van der Waals surface area contributed by atoms with E-state index in [1.54, 1.807) is 0 Å². The van der Waals surface area contributed by atoms with Gasteiger partial charge in [0, 0.05) is 16.7 Å². The fourth-order valence-corrected chi connectivity index (χ4v) is 1.67. The van der Waals surface area contributed by atoms with Crippen molar-refractivity contribution in [3.63, 3.8) is 0 Å². The van der Waals surface area contributed by atoms with Gasteiger partial charge >= 0.3 is 0 Å². The summed E-state index contributed by atoms with van der Waals surface area (Å²) in [6.45, 7) is 4.51.